The van der Waals surface area contributed by atoms with Crippen LogP contribution in [0.1, 0.15) is 60.9 Å². The molecule has 0 spiro atoms. The maximum absolute atomic E-state index is 13.1. The van der Waals surface area contributed by atoms with Gasteiger partial charge in [-0.2, -0.15) is 0 Å². The number of aryl methyl sites for hydroxylation is 1. The van der Waals surface area contributed by atoms with E-state index in [1.54, 1.807) is 21.9 Å². The second-order valence-corrected chi connectivity index (χ2v) is 10.6. The minimum Gasteiger partial charge on any atom is -0.335 e. The molecule has 31 heavy (non-hydrogen) atoms. The van der Waals surface area contributed by atoms with Crippen molar-refractivity contribution in [3.8, 4) is 0 Å². The number of hydrogen-bond donors (Lipinski definition) is 2. The Morgan fingerprint density at radius 3 is 2.19 bits per heavy atom. The smallest absolute Gasteiger partial charge is 0.317 e. The fourth-order valence-electron chi connectivity index (χ4n) is 4.28. The highest BCUT2D eigenvalue weighted by atomic mass is 32.2. The largest absolute Gasteiger partial charge is 0.335 e. The van der Waals surface area contributed by atoms with Crippen molar-refractivity contribution in [3.63, 3.8) is 0 Å². The summed E-state index contributed by atoms with van der Waals surface area (Å²) < 4.78 is 27.7. The molecule has 8 nitrogen and oxygen atoms in total. The Morgan fingerprint density at radius 2 is 1.55 bits per heavy atom. The average Bonchev–Trinajstić information content (AvgIpc) is 3.57. The number of rotatable bonds is 5. The zero-order chi connectivity index (χ0) is 22.0. The molecule has 3 fully saturated rings. The van der Waals surface area contributed by atoms with Crippen LogP contribution in [0.2, 0.25) is 0 Å². The quantitative estimate of drug-likeness (QED) is 0.722. The lowest BCUT2D eigenvalue weighted by Crippen LogP contribution is -2.54. The number of hydrogen-bond acceptors (Lipinski definition) is 4. The zero-order valence-electron chi connectivity index (χ0n) is 18.1. The van der Waals surface area contributed by atoms with Crippen LogP contribution in [0.4, 0.5) is 4.79 Å². The molecule has 0 atom stereocenters. The van der Waals surface area contributed by atoms with Crippen molar-refractivity contribution in [1.29, 1.82) is 0 Å². The fraction of sp³-hybridized carbons (Fsp3) is 0.636. The molecule has 0 radical (unpaired) electrons. The fourth-order valence-corrected chi connectivity index (χ4v) is 5.61. The predicted octanol–water partition coefficient (Wildman–Crippen LogP) is 2.24. The minimum atomic E-state index is -3.62. The second-order valence-electron chi connectivity index (χ2n) is 8.94. The molecule has 2 N–H and O–H groups in total. The molecule has 9 heteroatoms. The van der Waals surface area contributed by atoms with E-state index in [-0.39, 0.29) is 28.9 Å². The third-order valence-corrected chi connectivity index (χ3v) is 7.95. The minimum absolute atomic E-state index is 0.0123. The lowest BCUT2D eigenvalue weighted by atomic mass is 9.96. The Hall–Kier alpha value is -2.13. The Balaban J connectivity index is 1.37. The van der Waals surface area contributed by atoms with Gasteiger partial charge in [0.05, 0.1) is 4.90 Å². The van der Waals surface area contributed by atoms with E-state index in [0.29, 0.717) is 31.7 Å². The first-order valence-electron chi connectivity index (χ1n) is 11.3. The number of nitrogens with zero attached hydrogens (tertiary/aromatic N) is 2. The van der Waals surface area contributed by atoms with Gasteiger partial charge in [-0.25, -0.2) is 17.9 Å². The summed E-state index contributed by atoms with van der Waals surface area (Å²) >= 11 is 0. The molecule has 1 aromatic rings. The Kier molecular flexibility index (Phi) is 6.52. The van der Waals surface area contributed by atoms with Crippen LogP contribution in [0.5, 0.6) is 0 Å². The molecular weight excluding hydrogens is 416 g/mol. The van der Waals surface area contributed by atoms with Crippen LogP contribution in [0.25, 0.3) is 0 Å². The summed E-state index contributed by atoms with van der Waals surface area (Å²) in [5.74, 6) is -0.187. The molecule has 1 heterocycles. The van der Waals surface area contributed by atoms with Gasteiger partial charge in [-0.1, -0.05) is 25.3 Å². The third kappa shape index (κ3) is 5.38. The lowest BCUT2D eigenvalue weighted by molar-refractivity contribution is 0.0661. The molecule has 2 aliphatic carbocycles. The highest BCUT2D eigenvalue weighted by Gasteiger charge is 2.30. The summed E-state index contributed by atoms with van der Waals surface area (Å²) in [7, 11) is -3.62. The SMILES string of the molecule is Cc1ccc(S(=O)(=O)NC2CC2)cc1C(=O)N1CCN(C(=O)NC2CCCCC2)CC1. The number of amides is 3. The molecule has 2 saturated carbocycles. The van der Waals surface area contributed by atoms with Crippen molar-refractivity contribution in [1.82, 2.24) is 19.8 Å². The number of sulfonamides is 1. The van der Waals surface area contributed by atoms with E-state index in [9.17, 15) is 18.0 Å². The normalized spacial score (nSPS) is 20.5. The van der Waals surface area contributed by atoms with Crippen molar-refractivity contribution in [2.45, 2.75) is 68.8 Å². The van der Waals surface area contributed by atoms with Crippen molar-refractivity contribution >= 4 is 22.0 Å². The highest BCUT2D eigenvalue weighted by Crippen LogP contribution is 2.24. The third-order valence-electron chi connectivity index (χ3n) is 6.44. The molecule has 1 aliphatic heterocycles. The Labute approximate surface area is 184 Å². The number of urea groups is 1. The van der Waals surface area contributed by atoms with Gasteiger partial charge in [0.15, 0.2) is 0 Å². The van der Waals surface area contributed by atoms with E-state index in [2.05, 4.69) is 10.0 Å². The van der Waals surface area contributed by atoms with Crippen LogP contribution in [-0.4, -0.2) is 68.4 Å². The number of nitrogens with one attached hydrogen (secondary N) is 2. The van der Waals surface area contributed by atoms with Crippen molar-refractivity contribution < 1.29 is 18.0 Å². The van der Waals surface area contributed by atoms with E-state index in [1.165, 1.54) is 12.5 Å². The van der Waals surface area contributed by atoms with Gasteiger partial charge in [0.2, 0.25) is 10.0 Å². The van der Waals surface area contributed by atoms with Gasteiger partial charge in [0.1, 0.15) is 0 Å². The molecule has 1 saturated heterocycles. The Morgan fingerprint density at radius 1 is 0.903 bits per heavy atom. The van der Waals surface area contributed by atoms with Gasteiger partial charge in [-0.15, -0.1) is 0 Å². The van der Waals surface area contributed by atoms with E-state index < -0.39 is 10.0 Å². The van der Waals surface area contributed by atoms with Gasteiger partial charge in [0.25, 0.3) is 5.91 Å². The van der Waals surface area contributed by atoms with Crippen LogP contribution < -0.4 is 10.0 Å². The second kappa shape index (κ2) is 9.16. The molecule has 4 rings (SSSR count). The zero-order valence-corrected chi connectivity index (χ0v) is 18.9. The van der Waals surface area contributed by atoms with Crippen LogP contribution in [0.15, 0.2) is 23.1 Å². The van der Waals surface area contributed by atoms with Gasteiger partial charge < -0.3 is 15.1 Å². The van der Waals surface area contributed by atoms with E-state index in [4.69, 9.17) is 0 Å². The van der Waals surface area contributed by atoms with E-state index in [0.717, 1.165) is 44.1 Å². The molecule has 170 valence electrons. The number of benzene rings is 1. The summed E-state index contributed by atoms with van der Waals surface area (Å²) in [5.41, 5.74) is 1.15. The van der Waals surface area contributed by atoms with Gasteiger partial charge in [-0.05, 0) is 50.3 Å². The standard InChI is InChI=1S/C22H32N4O4S/c1-16-7-10-19(31(29,30)24-18-8-9-18)15-20(16)21(27)25-11-13-26(14-12-25)22(28)23-17-5-3-2-4-6-17/h7,10,15,17-18,24H,2-6,8-9,11-14H2,1H3,(H,23,28). The van der Waals surface area contributed by atoms with E-state index in [1.807, 2.05) is 6.92 Å². The molecule has 0 unspecified atom stereocenters. The molecule has 3 aliphatic rings. The van der Waals surface area contributed by atoms with Crippen LogP contribution >= 0.6 is 0 Å². The number of carbonyl (C=O) groups is 2. The first-order chi connectivity index (χ1) is 14.8. The predicted molar refractivity (Wildman–Crippen MR) is 117 cm³/mol. The Bertz CT molecular complexity index is 931. The summed E-state index contributed by atoms with van der Waals surface area (Å²) in [5, 5.41) is 3.13. The monoisotopic (exact) mass is 448 g/mol. The maximum atomic E-state index is 13.1. The number of carbonyl (C=O) groups excluding carboxylic acids is 2. The first kappa shape index (κ1) is 22.1. The lowest BCUT2D eigenvalue weighted by Gasteiger charge is -2.36. The van der Waals surface area contributed by atoms with Crippen molar-refractivity contribution in [2.24, 2.45) is 0 Å². The van der Waals surface area contributed by atoms with Crippen LogP contribution in [0, 0.1) is 6.92 Å². The molecule has 3 amide bonds. The summed E-state index contributed by atoms with van der Waals surface area (Å²) in [6.07, 6.45) is 7.36. The topological polar surface area (TPSA) is 98.8 Å². The van der Waals surface area contributed by atoms with Crippen molar-refractivity contribution in [2.75, 3.05) is 26.2 Å². The van der Waals surface area contributed by atoms with Crippen LogP contribution in [0.3, 0.4) is 0 Å². The first-order valence-corrected chi connectivity index (χ1v) is 12.8. The maximum Gasteiger partial charge on any atom is 0.317 e. The van der Waals surface area contributed by atoms with Gasteiger partial charge >= 0.3 is 6.03 Å². The van der Waals surface area contributed by atoms with E-state index >= 15 is 0 Å². The van der Waals surface area contributed by atoms with Crippen molar-refractivity contribution in [3.05, 3.63) is 29.3 Å². The summed E-state index contributed by atoms with van der Waals surface area (Å²) in [6, 6.07) is 4.93. The molecule has 0 aromatic heterocycles. The summed E-state index contributed by atoms with van der Waals surface area (Å²) in [4.78, 5) is 29.3. The van der Waals surface area contributed by atoms with Crippen LogP contribution in [-0.2, 0) is 10.0 Å². The number of piperazine rings is 1. The molecule has 1 aromatic carbocycles. The molecule has 0 bridgehead atoms. The average molecular weight is 449 g/mol. The molecular formula is C22H32N4O4S. The van der Waals surface area contributed by atoms with Gasteiger partial charge in [0, 0.05) is 43.8 Å². The van der Waals surface area contributed by atoms with Gasteiger partial charge in [-0.3, -0.25) is 4.79 Å². The summed E-state index contributed by atoms with van der Waals surface area (Å²) in [6.45, 7) is 3.64. The highest BCUT2D eigenvalue weighted by molar-refractivity contribution is 7.89.